The van der Waals surface area contributed by atoms with Crippen LogP contribution in [-0.4, -0.2) is 6.61 Å². The molecule has 0 amide bonds. The average Bonchev–Trinajstić information content (AvgIpc) is 2.60. The van der Waals surface area contributed by atoms with Gasteiger partial charge in [-0.05, 0) is 24.5 Å². The van der Waals surface area contributed by atoms with Crippen LogP contribution in [0.1, 0.15) is 34.1 Å². The first-order valence-electron chi connectivity index (χ1n) is 5.50. The van der Waals surface area contributed by atoms with Crippen molar-refractivity contribution >= 4 is 0 Å². The van der Waals surface area contributed by atoms with Gasteiger partial charge in [-0.3, -0.25) is 0 Å². The van der Waals surface area contributed by atoms with Gasteiger partial charge in [-0.25, -0.2) is 0 Å². The molecule has 78 valence electrons. The number of hydrogen-bond acceptors (Lipinski definition) is 1. The molecule has 0 N–H and O–H groups in total. The van der Waals surface area contributed by atoms with Crippen LogP contribution < -0.4 is 0 Å². The zero-order valence-electron chi connectivity index (χ0n) is 9.63. The topological polar surface area (TPSA) is 9.23 Å². The van der Waals surface area contributed by atoms with Crippen molar-refractivity contribution in [3.8, 4) is 0 Å². The van der Waals surface area contributed by atoms with E-state index in [0.717, 1.165) is 18.8 Å². The molecular formula is C13H20O. The Morgan fingerprint density at radius 1 is 1.36 bits per heavy atom. The van der Waals surface area contributed by atoms with Crippen LogP contribution >= 0.6 is 0 Å². The lowest BCUT2D eigenvalue weighted by Gasteiger charge is -2.04. The van der Waals surface area contributed by atoms with E-state index in [4.69, 9.17) is 4.74 Å². The Morgan fingerprint density at radius 3 is 2.79 bits per heavy atom. The highest BCUT2D eigenvalue weighted by molar-refractivity contribution is 5.38. The van der Waals surface area contributed by atoms with E-state index in [1.165, 1.54) is 11.1 Å². The minimum absolute atomic E-state index is 0.555. The van der Waals surface area contributed by atoms with Gasteiger partial charge in [0.25, 0.3) is 0 Å². The second-order valence-electron chi connectivity index (χ2n) is 3.52. The fourth-order valence-corrected chi connectivity index (χ4v) is 1.58. The van der Waals surface area contributed by atoms with E-state index in [1.807, 2.05) is 13.8 Å². The first kappa shape index (κ1) is 11.1. The second kappa shape index (κ2) is 5.04. The van der Waals surface area contributed by atoms with Gasteiger partial charge < -0.3 is 4.74 Å². The monoisotopic (exact) mass is 192 g/mol. The molecule has 0 radical (unpaired) electrons. The molecule has 1 atom stereocenters. The Bertz CT molecular complexity index is 282. The minimum atomic E-state index is 0.555. The number of hydrogen-bond donors (Lipinski definition) is 0. The van der Waals surface area contributed by atoms with Gasteiger partial charge in [0.1, 0.15) is 5.76 Å². The van der Waals surface area contributed by atoms with E-state index in [1.54, 1.807) is 0 Å². The van der Waals surface area contributed by atoms with Gasteiger partial charge in [0.15, 0.2) is 0 Å². The largest absolute Gasteiger partial charge is 0.493 e. The molecule has 0 fully saturated rings. The van der Waals surface area contributed by atoms with E-state index < -0.39 is 0 Å². The standard InChI is InChI=1S/C11H14O.C2H6/c1-8-3-4-11-10(5-6-12-11)7-9(8)2;1-2/h3-4,7-8H,5-6H2,1-2H3;1-2H3. The van der Waals surface area contributed by atoms with Gasteiger partial charge in [-0.2, -0.15) is 0 Å². The summed E-state index contributed by atoms with van der Waals surface area (Å²) < 4.78 is 5.48. The van der Waals surface area contributed by atoms with Gasteiger partial charge in [0.05, 0.1) is 6.61 Å². The molecule has 1 aliphatic heterocycles. The third-order valence-corrected chi connectivity index (χ3v) is 2.60. The summed E-state index contributed by atoms with van der Waals surface area (Å²) in [6, 6.07) is 0. The lowest BCUT2D eigenvalue weighted by Crippen LogP contribution is -1.90. The Kier molecular flexibility index (Phi) is 3.99. The van der Waals surface area contributed by atoms with Crippen molar-refractivity contribution in [3.05, 3.63) is 35.1 Å². The summed E-state index contributed by atoms with van der Waals surface area (Å²) >= 11 is 0. The highest BCUT2D eigenvalue weighted by Gasteiger charge is 2.15. The first-order chi connectivity index (χ1) is 6.77. The average molecular weight is 192 g/mol. The van der Waals surface area contributed by atoms with Crippen molar-refractivity contribution in [1.82, 2.24) is 0 Å². The van der Waals surface area contributed by atoms with E-state index >= 15 is 0 Å². The third kappa shape index (κ3) is 2.28. The predicted octanol–water partition coefficient (Wildman–Crippen LogP) is 3.84. The third-order valence-electron chi connectivity index (χ3n) is 2.60. The quantitative estimate of drug-likeness (QED) is 0.566. The lowest BCUT2D eigenvalue weighted by atomic mass is 10.0. The highest BCUT2D eigenvalue weighted by Crippen LogP contribution is 2.28. The van der Waals surface area contributed by atoms with Crippen LogP contribution in [0.5, 0.6) is 0 Å². The van der Waals surface area contributed by atoms with Gasteiger partial charge in [-0.15, -0.1) is 0 Å². The van der Waals surface area contributed by atoms with Crippen LogP contribution in [0.3, 0.4) is 0 Å². The molecule has 1 nitrogen and oxygen atoms in total. The van der Waals surface area contributed by atoms with Gasteiger partial charge in [0.2, 0.25) is 0 Å². The summed E-state index contributed by atoms with van der Waals surface area (Å²) in [5.41, 5.74) is 2.80. The molecule has 0 saturated heterocycles. The zero-order chi connectivity index (χ0) is 10.6. The van der Waals surface area contributed by atoms with Crippen LogP contribution in [0, 0.1) is 5.92 Å². The Morgan fingerprint density at radius 2 is 2.07 bits per heavy atom. The summed E-state index contributed by atoms with van der Waals surface area (Å²) in [4.78, 5) is 0. The molecule has 2 rings (SSSR count). The molecule has 0 aromatic carbocycles. The molecule has 1 heteroatoms. The molecule has 0 spiro atoms. The van der Waals surface area contributed by atoms with Crippen LogP contribution in [0.2, 0.25) is 0 Å². The summed E-state index contributed by atoms with van der Waals surface area (Å²) in [6.45, 7) is 9.25. The first-order valence-corrected chi connectivity index (χ1v) is 5.50. The molecule has 0 saturated carbocycles. The molecule has 0 aromatic rings. The number of rotatable bonds is 0. The molecular weight excluding hydrogens is 172 g/mol. The maximum absolute atomic E-state index is 5.48. The normalized spacial score (nSPS) is 24.3. The summed E-state index contributed by atoms with van der Waals surface area (Å²) in [5, 5.41) is 0. The summed E-state index contributed by atoms with van der Waals surface area (Å²) in [7, 11) is 0. The highest BCUT2D eigenvalue weighted by atomic mass is 16.5. The van der Waals surface area contributed by atoms with Crippen molar-refractivity contribution in [1.29, 1.82) is 0 Å². The van der Waals surface area contributed by atoms with Crippen LogP contribution in [0.15, 0.2) is 35.1 Å². The fraction of sp³-hybridized carbons (Fsp3) is 0.538. The van der Waals surface area contributed by atoms with E-state index in [-0.39, 0.29) is 0 Å². The fourth-order valence-electron chi connectivity index (χ4n) is 1.58. The summed E-state index contributed by atoms with van der Waals surface area (Å²) in [5.74, 6) is 1.64. The van der Waals surface area contributed by atoms with Crippen molar-refractivity contribution in [2.75, 3.05) is 6.61 Å². The number of ether oxygens (including phenoxy) is 1. The van der Waals surface area contributed by atoms with Crippen LogP contribution in [-0.2, 0) is 4.74 Å². The van der Waals surface area contributed by atoms with Crippen molar-refractivity contribution in [3.63, 3.8) is 0 Å². The van der Waals surface area contributed by atoms with Gasteiger partial charge >= 0.3 is 0 Å². The molecule has 1 unspecified atom stereocenters. The molecule has 1 aliphatic carbocycles. The van der Waals surface area contributed by atoms with Crippen LogP contribution in [0.4, 0.5) is 0 Å². The summed E-state index contributed by atoms with van der Waals surface area (Å²) in [6.07, 6.45) is 7.66. The SMILES string of the molecule is CC.CC1=CC2=C(C=CC1C)OCC2. The maximum Gasteiger partial charge on any atom is 0.122 e. The predicted molar refractivity (Wildman–Crippen MR) is 61.0 cm³/mol. The van der Waals surface area contributed by atoms with Gasteiger partial charge in [-0.1, -0.05) is 38.5 Å². The van der Waals surface area contributed by atoms with Crippen LogP contribution in [0.25, 0.3) is 0 Å². The van der Waals surface area contributed by atoms with E-state index in [0.29, 0.717) is 5.92 Å². The van der Waals surface area contributed by atoms with E-state index in [2.05, 4.69) is 32.1 Å². The Balaban J connectivity index is 0.000000461. The van der Waals surface area contributed by atoms with Crippen molar-refractivity contribution in [2.24, 2.45) is 5.92 Å². The smallest absolute Gasteiger partial charge is 0.122 e. The molecule has 0 aromatic heterocycles. The van der Waals surface area contributed by atoms with Gasteiger partial charge in [0, 0.05) is 6.42 Å². The van der Waals surface area contributed by atoms with Crippen molar-refractivity contribution < 1.29 is 4.74 Å². The maximum atomic E-state index is 5.48. The zero-order valence-corrected chi connectivity index (χ0v) is 9.63. The number of allylic oxidation sites excluding steroid dienone is 4. The molecule has 2 aliphatic rings. The molecule has 0 bridgehead atoms. The minimum Gasteiger partial charge on any atom is -0.493 e. The Hall–Kier alpha value is -0.980. The lowest BCUT2D eigenvalue weighted by molar-refractivity contribution is 0.257. The van der Waals surface area contributed by atoms with Crippen molar-refractivity contribution in [2.45, 2.75) is 34.1 Å². The Labute approximate surface area is 87.2 Å². The second-order valence-corrected chi connectivity index (χ2v) is 3.52. The molecule has 1 heterocycles. The molecule has 14 heavy (non-hydrogen) atoms. The van der Waals surface area contributed by atoms with E-state index in [9.17, 15) is 0 Å².